The van der Waals surface area contributed by atoms with Gasteiger partial charge in [0.1, 0.15) is 23.1 Å². The zero-order valence-corrected chi connectivity index (χ0v) is 31.9. The predicted octanol–water partition coefficient (Wildman–Crippen LogP) is 5.19. The van der Waals surface area contributed by atoms with E-state index in [4.69, 9.17) is 19.4 Å². The molecule has 7 rings (SSSR count). The highest BCUT2D eigenvalue weighted by Crippen LogP contribution is 2.47. The monoisotopic (exact) mass is 743 g/mol. The number of aromatic nitrogens is 2. The van der Waals surface area contributed by atoms with E-state index in [2.05, 4.69) is 23.9 Å². The van der Waals surface area contributed by atoms with Gasteiger partial charge in [0.25, 0.3) is 5.91 Å². The van der Waals surface area contributed by atoms with Crippen molar-refractivity contribution in [1.82, 2.24) is 24.9 Å². The molecular weight excluding hydrogens is 695 g/mol. The minimum atomic E-state index is -3.83. The van der Waals surface area contributed by atoms with Gasteiger partial charge in [-0.1, -0.05) is 32.1 Å². The van der Waals surface area contributed by atoms with Crippen LogP contribution in [0.15, 0.2) is 48.6 Å². The molecule has 3 heterocycles. The lowest BCUT2D eigenvalue weighted by atomic mass is 9.93. The number of sulfonamides is 1. The highest BCUT2D eigenvalue weighted by molar-refractivity contribution is 7.91. The van der Waals surface area contributed by atoms with Crippen LogP contribution in [0.1, 0.15) is 82.4 Å². The molecule has 53 heavy (non-hydrogen) atoms. The number of rotatable bonds is 8. The van der Waals surface area contributed by atoms with Gasteiger partial charge in [-0.05, 0) is 88.5 Å². The molecule has 0 bridgehead atoms. The first-order valence-electron chi connectivity index (χ1n) is 18.7. The Labute approximate surface area is 311 Å². The first-order valence-corrected chi connectivity index (χ1v) is 20.3. The van der Waals surface area contributed by atoms with E-state index in [0.29, 0.717) is 47.8 Å². The van der Waals surface area contributed by atoms with E-state index in [0.717, 1.165) is 35.9 Å². The lowest BCUT2D eigenvalue weighted by molar-refractivity contribution is -0.140. The van der Waals surface area contributed by atoms with Gasteiger partial charge in [-0.2, -0.15) is 0 Å². The fourth-order valence-electron chi connectivity index (χ4n) is 7.82. The Kier molecular flexibility index (Phi) is 9.99. The average molecular weight is 744 g/mol. The fraction of sp³-hybridized carbons (Fsp3) is 0.525. The number of hydrogen-bond acceptors (Lipinski definition) is 9. The van der Waals surface area contributed by atoms with E-state index >= 15 is 0 Å². The van der Waals surface area contributed by atoms with Crippen molar-refractivity contribution in [2.24, 2.45) is 17.8 Å². The van der Waals surface area contributed by atoms with Gasteiger partial charge < -0.3 is 19.7 Å². The molecule has 12 nitrogen and oxygen atoms in total. The number of ether oxygens (including phenoxy) is 2. The van der Waals surface area contributed by atoms with Crippen LogP contribution in [-0.2, 0) is 24.4 Å². The molecule has 0 saturated heterocycles. The molecule has 2 aromatic heterocycles. The number of hydrogen-bond donors (Lipinski definition) is 2. The molecule has 0 unspecified atom stereocenters. The quantitative estimate of drug-likeness (QED) is 0.297. The van der Waals surface area contributed by atoms with Crippen molar-refractivity contribution in [3.05, 3.63) is 59.8 Å². The molecule has 5 atom stereocenters. The number of methoxy groups -OCH3 is 1. The number of pyridine rings is 2. The molecule has 3 fully saturated rings. The molecule has 282 valence electrons. The van der Waals surface area contributed by atoms with E-state index < -0.39 is 50.6 Å². The van der Waals surface area contributed by atoms with Gasteiger partial charge in [-0.3, -0.25) is 24.1 Å². The minimum absolute atomic E-state index is 0.151. The van der Waals surface area contributed by atoms with Crippen molar-refractivity contribution >= 4 is 38.6 Å². The topological polar surface area (TPSA) is 157 Å². The summed E-state index contributed by atoms with van der Waals surface area (Å²) in [5.41, 5.74) is 2.39. The average Bonchev–Trinajstić information content (AvgIpc) is 4.06. The van der Waals surface area contributed by atoms with Crippen LogP contribution in [0.4, 0.5) is 0 Å². The molecule has 0 spiro atoms. The summed E-state index contributed by atoms with van der Waals surface area (Å²) in [6.07, 6.45) is 7.57. The van der Waals surface area contributed by atoms with Crippen molar-refractivity contribution in [3.8, 4) is 22.9 Å². The summed E-state index contributed by atoms with van der Waals surface area (Å²) in [5.74, 6) is -1.72. The van der Waals surface area contributed by atoms with E-state index in [1.807, 2.05) is 55.5 Å². The maximum atomic E-state index is 14.3. The first-order chi connectivity index (χ1) is 25.3. The van der Waals surface area contributed by atoms with Crippen molar-refractivity contribution < 1.29 is 32.3 Å². The Morgan fingerprint density at radius 1 is 1.04 bits per heavy atom. The molecule has 3 aliphatic carbocycles. The van der Waals surface area contributed by atoms with E-state index in [1.165, 1.54) is 0 Å². The predicted molar refractivity (Wildman–Crippen MR) is 201 cm³/mol. The summed E-state index contributed by atoms with van der Waals surface area (Å²) in [6, 6.07) is 11.5. The van der Waals surface area contributed by atoms with Crippen LogP contribution in [-0.4, -0.2) is 78.6 Å². The number of nitrogens with one attached hydrogen (secondary N) is 2. The summed E-state index contributed by atoms with van der Waals surface area (Å²) in [4.78, 5) is 53.6. The van der Waals surface area contributed by atoms with Gasteiger partial charge in [0.05, 0.1) is 41.1 Å². The van der Waals surface area contributed by atoms with E-state index in [9.17, 15) is 22.8 Å². The maximum absolute atomic E-state index is 14.3. The molecule has 3 aromatic rings. The van der Waals surface area contributed by atoms with Crippen LogP contribution in [0.5, 0.6) is 11.5 Å². The molecule has 13 heteroatoms. The third-order valence-electron chi connectivity index (χ3n) is 11.3. The minimum Gasteiger partial charge on any atom is -0.496 e. The lowest BCUT2D eigenvalue weighted by Crippen LogP contribution is -2.54. The highest BCUT2D eigenvalue weighted by atomic mass is 32.2. The third kappa shape index (κ3) is 7.36. The molecular formula is C40H49N5O7S. The zero-order chi connectivity index (χ0) is 37.7. The highest BCUT2D eigenvalue weighted by Gasteiger charge is 2.62. The smallest absolute Gasteiger partial charge is 0.259 e. The van der Waals surface area contributed by atoms with Gasteiger partial charge in [0.15, 0.2) is 0 Å². The maximum Gasteiger partial charge on any atom is 0.259 e. The normalized spacial score (nSPS) is 27.0. The molecule has 3 saturated carbocycles. The summed E-state index contributed by atoms with van der Waals surface area (Å²) < 4.78 is 40.3. The Morgan fingerprint density at radius 3 is 2.55 bits per heavy atom. The number of amides is 3. The van der Waals surface area contributed by atoms with Crippen molar-refractivity contribution in [2.75, 3.05) is 20.7 Å². The lowest BCUT2D eigenvalue weighted by Gasteiger charge is -2.26. The Morgan fingerprint density at radius 2 is 1.81 bits per heavy atom. The molecule has 3 amide bonds. The van der Waals surface area contributed by atoms with Gasteiger partial charge >= 0.3 is 0 Å². The fourth-order valence-corrected chi connectivity index (χ4v) is 9.18. The molecule has 1 aliphatic heterocycles. The summed E-state index contributed by atoms with van der Waals surface area (Å²) in [5, 5.41) is 3.14. The van der Waals surface area contributed by atoms with Crippen LogP contribution in [0.3, 0.4) is 0 Å². The number of fused-ring (bicyclic) bond motifs is 3. The van der Waals surface area contributed by atoms with Gasteiger partial charge in [0, 0.05) is 42.2 Å². The standard InChI is InChI=1S/C40H49N5O7S/c1-23(2)31-12-10-13-32(41-31)33-21-35(28-16-17-34(51-5)24(3)36(28)42-33)52-26-19-29-30(20-26)38(47)45(4)18-9-7-6-8-11-25-22-40(25,43-37(29)46)39(48)44-53(49,50)27-14-15-27/h8,10-13,16-17,21,23,25-27,29-30H,6-7,9,14-15,18-20,22H2,1-5H3,(H,43,46)(H,44,48)/b11-8-/t25-,26-,29-,30-,40-/m1/s1. The molecule has 4 aliphatic rings. The van der Waals surface area contributed by atoms with E-state index in [1.54, 1.807) is 19.1 Å². The largest absolute Gasteiger partial charge is 0.496 e. The van der Waals surface area contributed by atoms with E-state index in [-0.39, 0.29) is 37.0 Å². The number of aryl methyl sites for hydroxylation is 1. The van der Waals surface area contributed by atoms with Crippen LogP contribution < -0.4 is 19.5 Å². The van der Waals surface area contributed by atoms with Crippen molar-refractivity contribution in [2.45, 2.75) is 94.9 Å². The number of carbonyl (C=O) groups excluding carboxylic acids is 3. The van der Waals surface area contributed by atoms with Crippen molar-refractivity contribution in [3.63, 3.8) is 0 Å². The molecule has 2 N–H and O–H groups in total. The van der Waals surface area contributed by atoms with Gasteiger partial charge in [0.2, 0.25) is 21.8 Å². The Balaban J connectivity index is 1.22. The second-order valence-corrected chi connectivity index (χ2v) is 17.4. The van der Waals surface area contributed by atoms with Crippen LogP contribution in [0, 0.1) is 24.7 Å². The summed E-state index contributed by atoms with van der Waals surface area (Å²) in [7, 11) is -0.453. The van der Waals surface area contributed by atoms with Crippen LogP contribution in [0.2, 0.25) is 0 Å². The van der Waals surface area contributed by atoms with Crippen molar-refractivity contribution in [1.29, 1.82) is 0 Å². The van der Waals surface area contributed by atoms with Gasteiger partial charge in [-0.15, -0.1) is 0 Å². The second kappa shape index (κ2) is 14.4. The zero-order valence-electron chi connectivity index (χ0n) is 31.1. The number of allylic oxidation sites excluding steroid dienone is 1. The Bertz CT molecular complexity index is 2080. The SMILES string of the molecule is COc1ccc2c(O[C@@H]3C[C@H]4C(=O)N[C@]5(C(=O)NS(=O)(=O)C6CC6)C[C@H]5/C=C\CCCCN(C)C(=O)[C@@H]4C3)cc(-c3cccc(C(C)C)n3)nc2c1C. The molecule has 0 radical (unpaired) electrons. The number of nitrogens with zero attached hydrogens (tertiary/aromatic N) is 3. The van der Waals surface area contributed by atoms with Crippen LogP contribution in [0.25, 0.3) is 22.3 Å². The second-order valence-electron chi connectivity index (χ2n) is 15.5. The third-order valence-corrected chi connectivity index (χ3v) is 13.1. The summed E-state index contributed by atoms with van der Waals surface area (Å²) >= 11 is 0. The number of benzene rings is 1. The molecule has 1 aromatic carbocycles. The van der Waals surface area contributed by atoms with Crippen LogP contribution >= 0.6 is 0 Å². The first kappa shape index (κ1) is 36.8. The number of carbonyl (C=O) groups is 3. The summed E-state index contributed by atoms with van der Waals surface area (Å²) in [6.45, 7) is 6.67. The van der Waals surface area contributed by atoms with Gasteiger partial charge in [-0.25, -0.2) is 13.4 Å². The Hall–Kier alpha value is -4.52.